The number of anilines is 2. The van der Waals surface area contributed by atoms with Crippen molar-refractivity contribution in [2.75, 3.05) is 29.9 Å². The van der Waals surface area contributed by atoms with Crippen LogP contribution < -0.4 is 10.2 Å². The Morgan fingerprint density at radius 1 is 1.00 bits per heavy atom. The van der Waals surface area contributed by atoms with Gasteiger partial charge in [-0.3, -0.25) is 14.7 Å². The van der Waals surface area contributed by atoms with Crippen LogP contribution in [0.2, 0.25) is 0 Å². The highest BCUT2D eigenvalue weighted by Crippen LogP contribution is 2.61. The first-order chi connectivity index (χ1) is 17.6. The molecule has 36 heavy (non-hydrogen) atoms. The minimum atomic E-state index is 0.156. The lowest BCUT2D eigenvalue weighted by atomic mass is 9.49. The van der Waals surface area contributed by atoms with Gasteiger partial charge in [0, 0.05) is 43.9 Å². The molecule has 1 aromatic carbocycles. The summed E-state index contributed by atoms with van der Waals surface area (Å²) in [4.78, 5) is 31.3. The van der Waals surface area contributed by atoms with E-state index in [1.165, 1.54) is 49.8 Å². The number of carbonyl (C=O) groups is 1. The summed E-state index contributed by atoms with van der Waals surface area (Å²) < 4.78 is 0. The van der Waals surface area contributed by atoms with Gasteiger partial charge in [-0.2, -0.15) is 0 Å². The maximum absolute atomic E-state index is 13.2. The SMILES string of the molecule is O=C(CC12CC3CC(CC(C3)C1)C2)Nc1ncnc2c1CCN(Cc1ccc(N3C=NCC3)cc1)C2. The van der Waals surface area contributed by atoms with Crippen molar-refractivity contribution in [1.29, 1.82) is 0 Å². The Labute approximate surface area is 213 Å². The second-order valence-electron chi connectivity index (χ2n) is 12.1. The molecule has 0 atom stereocenters. The molecule has 4 aliphatic carbocycles. The van der Waals surface area contributed by atoms with E-state index >= 15 is 0 Å². The van der Waals surface area contributed by atoms with Crippen LogP contribution in [0.5, 0.6) is 0 Å². The number of nitrogens with one attached hydrogen (secondary N) is 1. The van der Waals surface area contributed by atoms with Gasteiger partial charge in [-0.1, -0.05) is 12.1 Å². The van der Waals surface area contributed by atoms with Crippen LogP contribution in [0.4, 0.5) is 11.5 Å². The molecule has 1 N–H and O–H groups in total. The van der Waals surface area contributed by atoms with Crippen LogP contribution in [0, 0.1) is 23.2 Å². The first kappa shape index (κ1) is 22.4. The summed E-state index contributed by atoms with van der Waals surface area (Å²) in [6.45, 7) is 4.46. The molecule has 0 saturated heterocycles. The molecule has 8 rings (SSSR count). The highest BCUT2D eigenvalue weighted by Gasteiger charge is 2.51. The Morgan fingerprint density at radius 3 is 2.44 bits per heavy atom. The summed E-state index contributed by atoms with van der Waals surface area (Å²) in [5.74, 6) is 3.50. The molecule has 4 saturated carbocycles. The number of rotatable bonds is 6. The number of fused-ring (bicyclic) bond motifs is 1. The van der Waals surface area contributed by atoms with Gasteiger partial charge in [-0.05, 0) is 85.8 Å². The maximum atomic E-state index is 13.2. The van der Waals surface area contributed by atoms with Gasteiger partial charge in [-0.15, -0.1) is 0 Å². The standard InChI is InChI=1S/C29H36N6O/c36-27(15-29-12-21-9-22(13-29)11-23(10-21)14-29)33-28-25-5-7-34(17-26(25)31-18-32-28)16-20-1-3-24(4-2-20)35-8-6-30-19-35/h1-4,18-19,21-23H,5-17H2,(H,31,32,33,36). The third kappa shape index (κ3) is 4.32. The number of benzene rings is 1. The molecule has 4 bridgehead atoms. The molecule has 7 nitrogen and oxygen atoms in total. The average Bonchev–Trinajstić information content (AvgIpc) is 3.38. The second-order valence-corrected chi connectivity index (χ2v) is 12.1. The van der Waals surface area contributed by atoms with Gasteiger partial charge in [0.05, 0.1) is 18.6 Å². The molecule has 3 heterocycles. The van der Waals surface area contributed by atoms with Gasteiger partial charge in [0.2, 0.25) is 5.91 Å². The number of aliphatic imine (C=N–C) groups is 1. The van der Waals surface area contributed by atoms with Crippen LogP contribution in [-0.4, -0.2) is 46.7 Å². The summed E-state index contributed by atoms with van der Waals surface area (Å²) in [5, 5.41) is 3.22. The predicted octanol–water partition coefficient (Wildman–Crippen LogP) is 4.43. The second kappa shape index (κ2) is 8.94. The lowest BCUT2D eigenvalue weighted by molar-refractivity contribution is -0.124. The molecule has 1 amide bonds. The fraction of sp³-hybridized carbons (Fsp3) is 0.586. The first-order valence-corrected chi connectivity index (χ1v) is 13.8. The number of hydrogen-bond donors (Lipinski definition) is 1. The molecular formula is C29H36N6O. The molecule has 2 aliphatic heterocycles. The quantitative estimate of drug-likeness (QED) is 0.657. The summed E-state index contributed by atoms with van der Waals surface area (Å²) in [6.07, 6.45) is 13.1. The largest absolute Gasteiger partial charge is 0.331 e. The van der Waals surface area contributed by atoms with Gasteiger partial charge in [-0.25, -0.2) is 9.97 Å². The van der Waals surface area contributed by atoms with E-state index in [2.05, 4.69) is 54.3 Å². The monoisotopic (exact) mass is 484 g/mol. The molecule has 2 aromatic rings. The molecule has 0 radical (unpaired) electrons. The normalized spacial score (nSPS) is 30.6. The molecule has 4 fully saturated rings. The van der Waals surface area contributed by atoms with E-state index in [0.29, 0.717) is 6.42 Å². The van der Waals surface area contributed by atoms with Crippen molar-refractivity contribution in [1.82, 2.24) is 14.9 Å². The third-order valence-electron chi connectivity index (χ3n) is 9.41. The van der Waals surface area contributed by atoms with Crippen LogP contribution in [-0.2, 0) is 24.3 Å². The average molecular weight is 485 g/mol. The summed E-state index contributed by atoms with van der Waals surface area (Å²) in [6, 6.07) is 8.80. The van der Waals surface area contributed by atoms with E-state index in [9.17, 15) is 4.79 Å². The van der Waals surface area contributed by atoms with E-state index in [0.717, 1.165) is 74.0 Å². The highest BCUT2D eigenvalue weighted by atomic mass is 16.1. The van der Waals surface area contributed by atoms with Crippen molar-refractivity contribution < 1.29 is 4.79 Å². The van der Waals surface area contributed by atoms with Crippen LogP contribution in [0.3, 0.4) is 0 Å². The van der Waals surface area contributed by atoms with Crippen LogP contribution >= 0.6 is 0 Å². The van der Waals surface area contributed by atoms with Crippen molar-refractivity contribution in [2.24, 2.45) is 28.2 Å². The minimum absolute atomic E-state index is 0.156. The third-order valence-corrected chi connectivity index (χ3v) is 9.41. The number of aromatic nitrogens is 2. The number of nitrogens with zero attached hydrogens (tertiary/aromatic N) is 5. The maximum Gasteiger partial charge on any atom is 0.226 e. The van der Waals surface area contributed by atoms with E-state index < -0.39 is 0 Å². The molecule has 1 aromatic heterocycles. The van der Waals surface area contributed by atoms with E-state index in [1.807, 2.05) is 6.34 Å². The predicted molar refractivity (Wildman–Crippen MR) is 141 cm³/mol. The van der Waals surface area contributed by atoms with Crippen molar-refractivity contribution in [3.8, 4) is 0 Å². The fourth-order valence-corrected chi connectivity index (χ4v) is 8.30. The minimum Gasteiger partial charge on any atom is -0.331 e. The zero-order valence-corrected chi connectivity index (χ0v) is 21.0. The van der Waals surface area contributed by atoms with Crippen LogP contribution in [0.1, 0.15) is 61.8 Å². The van der Waals surface area contributed by atoms with Gasteiger partial charge in [0.1, 0.15) is 12.1 Å². The van der Waals surface area contributed by atoms with Crippen molar-refractivity contribution in [3.63, 3.8) is 0 Å². The van der Waals surface area contributed by atoms with Gasteiger partial charge < -0.3 is 10.2 Å². The topological polar surface area (TPSA) is 73.7 Å². The molecule has 7 heteroatoms. The Kier molecular flexibility index (Phi) is 5.57. The van der Waals surface area contributed by atoms with Crippen molar-refractivity contribution >= 4 is 23.8 Å². The highest BCUT2D eigenvalue weighted by molar-refractivity contribution is 5.91. The zero-order chi connectivity index (χ0) is 24.1. The molecular weight excluding hydrogens is 448 g/mol. The number of amides is 1. The summed E-state index contributed by atoms with van der Waals surface area (Å²) in [5.41, 5.74) is 4.92. The molecule has 6 aliphatic rings. The Bertz CT molecular complexity index is 1140. The summed E-state index contributed by atoms with van der Waals surface area (Å²) in [7, 11) is 0. The van der Waals surface area contributed by atoms with E-state index in [-0.39, 0.29) is 11.3 Å². The number of hydrogen-bond acceptors (Lipinski definition) is 6. The number of carbonyl (C=O) groups excluding carboxylic acids is 1. The van der Waals surface area contributed by atoms with Crippen LogP contribution in [0.15, 0.2) is 35.6 Å². The zero-order valence-electron chi connectivity index (χ0n) is 21.0. The smallest absolute Gasteiger partial charge is 0.226 e. The molecule has 188 valence electrons. The lowest BCUT2D eigenvalue weighted by Gasteiger charge is -2.56. The Morgan fingerprint density at radius 2 is 1.75 bits per heavy atom. The van der Waals surface area contributed by atoms with Gasteiger partial charge >= 0.3 is 0 Å². The van der Waals surface area contributed by atoms with E-state index in [1.54, 1.807) is 6.33 Å². The van der Waals surface area contributed by atoms with Crippen LogP contribution in [0.25, 0.3) is 0 Å². The Hall–Kier alpha value is -2.80. The Balaban J connectivity index is 0.989. The van der Waals surface area contributed by atoms with Gasteiger partial charge in [0.15, 0.2) is 0 Å². The van der Waals surface area contributed by atoms with Crippen molar-refractivity contribution in [2.45, 2.75) is 64.5 Å². The van der Waals surface area contributed by atoms with Crippen molar-refractivity contribution in [3.05, 3.63) is 47.4 Å². The summed E-state index contributed by atoms with van der Waals surface area (Å²) >= 11 is 0. The molecule has 0 unspecified atom stereocenters. The lowest BCUT2D eigenvalue weighted by Crippen LogP contribution is -2.47. The molecule has 0 spiro atoms. The van der Waals surface area contributed by atoms with Gasteiger partial charge in [0.25, 0.3) is 0 Å². The fourth-order valence-electron chi connectivity index (χ4n) is 8.30. The van der Waals surface area contributed by atoms with E-state index in [4.69, 9.17) is 0 Å². The first-order valence-electron chi connectivity index (χ1n) is 13.8.